The normalized spacial score (nSPS) is 15.1. The maximum atomic E-state index is 12.1. The number of hydrogen-bond acceptors (Lipinski definition) is 2. The number of hydrogen-bond donors (Lipinski definition) is 1. The van der Waals surface area contributed by atoms with Gasteiger partial charge in [-0.3, -0.25) is 4.79 Å². The highest BCUT2D eigenvalue weighted by atomic mass is 19.4. The molecule has 0 atom stereocenters. The number of nitrogens with one attached hydrogen (secondary N) is 1. The van der Waals surface area contributed by atoms with E-state index in [0.29, 0.717) is 5.75 Å². The van der Waals surface area contributed by atoms with Gasteiger partial charge in [-0.05, 0) is 17.7 Å². The molecule has 6 heteroatoms. The Hall–Kier alpha value is -1.72. The molecule has 1 aliphatic rings. The Balaban J connectivity index is 2.24. The van der Waals surface area contributed by atoms with Crippen molar-refractivity contribution in [1.82, 2.24) is 0 Å². The molecular weight excluding hydrogens is 223 g/mol. The first kappa shape index (κ1) is 10.8. The van der Waals surface area contributed by atoms with Crippen LogP contribution in [-0.4, -0.2) is 18.7 Å². The van der Waals surface area contributed by atoms with Gasteiger partial charge in [-0.1, -0.05) is 6.07 Å². The summed E-state index contributed by atoms with van der Waals surface area (Å²) in [6.45, 7) is -0.106. The summed E-state index contributed by atoms with van der Waals surface area (Å²) < 4.78 is 41.4. The molecule has 1 aromatic carbocycles. The summed E-state index contributed by atoms with van der Waals surface area (Å²) in [5.41, 5.74) is 0.384. The number of carbonyl (C=O) groups excluding carboxylic acids is 1. The Morgan fingerprint density at radius 2 is 2.12 bits per heavy atom. The van der Waals surface area contributed by atoms with Gasteiger partial charge in [0.15, 0.2) is 6.61 Å². The quantitative estimate of drug-likeness (QED) is 0.803. The second-order valence-corrected chi connectivity index (χ2v) is 3.46. The van der Waals surface area contributed by atoms with Gasteiger partial charge in [0, 0.05) is 0 Å². The van der Waals surface area contributed by atoms with Crippen LogP contribution < -0.4 is 10.1 Å². The molecule has 0 saturated heterocycles. The average molecular weight is 231 g/mol. The van der Waals surface area contributed by atoms with E-state index >= 15 is 0 Å². The topological polar surface area (TPSA) is 38.3 Å². The van der Waals surface area contributed by atoms with Gasteiger partial charge in [0.1, 0.15) is 5.75 Å². The van der Waals surface area contributed by atoms with Gasteiger partial charge in [0.05, 0.1) is 12.1 Å². The SMILES string of the molecule is O=C1COc2ccc(CC(F)(F)F)cc2N1. The minimum absolute atomic E-state index is 0.0945. The Labute approximate surface area is 89.2 Å². The highest BCUT2D eigenvalue weighted by Gasteiger charge is 2.28. The molecule has 0 radical (unpaired) electrons. The highest BCUT2D eigenvalue weighted by molar-refractivity contribution is 5.95. The number of fused-ring (bicyclic) bond motifs is 1. The monoisotopic (exact) mass is 231 g/mol. The van der Waals surface area contributed by atoms with Gasteiger partial charge < -0.3 is 10.1 Å². The Morgan fingerprint density at radius 3 is 2.81 bits per heavy atom. The van der Waals surface area contributed by atoms with E-state index in [0.717, 1.165) is 0 Å². The lowest BCUT2D eigenvalue weighted by atomic mass is 10.1. The first-order valence-corrected chi connectivity index (χ1v) is 4.56. The summed E-state index contributed by atoms with van der Waals surface area (Å²) in [6.07, 6.45) is -5.27. The second kappa shape index (κ2) is 3.70. The highest BCUT2D eigenvalue weighted by Crippen LogP contribution is 2.30. The summed E-state index contributed by atoms with van der Waals surface area (Å²) >= 11 is 0. The Morgan fingerprint density at radius 1 is 1.38 bits per heavy atom. The molecule has 86 valence electrons. The van der Waals surface area contributed by atoms with E-state index in [1.54, 1.807) is 0 Å². The predicted molar refractivity (Wildman–Crippen MR) is 50.3 cm³/mol. The molecule has 1 aliphatic heterocycles. The van der Waals surface area contributed by atoms with Crippen molar-refractivity contribution < 1.29 is 22.7 Å². The van der Waals surface area contributed by atoms with Crippen molar-refractivity contribution in [2.75, 3.05) is 11.9 Å². The van der Waals surface area contributed by atoms with Crippen molar-refractivity contribution >= 4 is 11.6 Å². The van der Waals surface area contributed by atoms with Crippen molar-refractivity contribution in [2.24, 2.45) is 0 Å². The molecule has 0 aliphatic carbocycles. The molecule has 0 fully saturated rings. The lowest BCUT2D eigenvalue weighted by Gasteiger charge is -2.18. The van der Waals surface area contributed by atoms with Crippen LogP contribution in [0.4, 0.5) is 18.9 Å². The van der Waals surface area contributed by atoms with Crippen LogP contribution in [0.5, 0.6) is 5.75 Å². The van der Waals surface area contributed by atoms with Gasteiger partial charge in [0.2, 0.25) is 0 Å². The third-order valence-electron chi connectivity index (χ3n) is 2.08. The average Bonchev–Trinajstić information content (AvgIpc) is 2.14. The largest absolute Gasteiger partial charge is 0.482 e. The number of halogens is 3. The fourth-order valence-electron chi connectivity index (χ4n) is 1.47. The molecule has 1 N–H and O–H groups in total. The maximum absolute atomic E-state index is 12.1. The molecule has 0 unspecified atom stereocenters. The number of rotatable bonds is 1. The third kappa shape index (κ3) is 2.44. The molecule has 2 rings (SSSR count). The second-order valence-electron chi connectivity index (χ2n) is 3.46. The summed E-state index contributed by atoms with van der Waals surface area (Å²) in [5.74, 6) is 0.0298. The number of anilines is 1. The number of carbonyl (C=O) groups is 1. The molecule has 0 spiro atoms. The molecule has 3 nitrogen and oxygen atoms in total. The number of benzene rings is 1. The fraction of sp³-hybridized carbons (Fsp3) is 0.300. The van der Waals surface area contributed by atoms with E-state index in [4.69, 9.17) is 4.74 Å². The van der Waals surface area contributed by atoms with Gasteiger partial charge in [-0.15, -0.1) is 0 Å². The van der Waals surface area contributed by atoms with Crippen molar-refractivity contribution in [3.8, 4) is 5.75 Å². The Bertz CT molecular complexity index is 429. The first-order valence-electron chi connectivity index (χ1n) is 4.56. The molecule has 1 aromatic rings. The summed E-state index contributed by atoms with van der Waals surface area (Å²) in [7, 11) is 0. The minimum atomic E-state index is -4.26. The van der Waals surface area contributed by atoms with Gasteiger partial charge >= 0.3 is 6.18 Å². The molecule has 1 amide bonds. The van der Waals surface area contributed by atoms with Crippen molar-refractivity contribution in [1.29, 1.82) is 0 Å². The number of ether oxygens (including phenoxy) is 1. The molecule has 0 bridgehead atoms. The summed E-state index contributed by atoms with van der Waals surface area (Å²) in [4.78, 5) is 11.0. The van der Waals surface area contributed by atoms with Crippen LogP contribution in [0.15, 0.2) is 18.2 Å². The third-order valence-corrected chi connectivity index (χ3v) is 2.08. The van der Waals surface area contributed by atoms with Gasteiger partial charge in [0.25, 0.3) is 5.91 Å². The van der Waals surface area contributed by atoms with E-state index in [1.165, 1.54) is 18.2 Å². The predicted octanol–water partition coefficient (Wildman–Crippen LogP) is 2.12. The van der Waals surface area contributed by atoms with Crippen LogP contribution in [-0.2, 0) is 11.2 Å². The maximum Gasteiger partial charge on any atom is 0.393 e. The van der Waals surface area contributed by atoms with Crippen LogP contribution in [0.3, 0.4) is 0 Å². The molecule has 1 heterocycles. The van der Waals surface area contributed by atoms with Crippen LogP contribution in [0.2, 0.25) is 0 Å². The van der Waals surface area contributed by atoms with Crippen molar-refractivity contribution in [3.05, 3.63) is 23.8 Å². The van der Waals surface area contributed by atoms with Crippen LogP contribution in [0.1, 0.15) is 5.56 Å². The standard InChI is InChI=1S/C10H8F3NO2/c11-10(12,13)4-6-1-2-8-7(3-6)14-9(15)5-16-8/h1-3H,4-5H2,(H,14,15). The molecule has 16 heavy (non-hydrogen) atoms. The van der Waals surface area contributed by atoms with Crippen LogP contribution in [0.25, 0.3) is 0 Å². The first-order chi connectivity index (χ1) is 7.44. The summed E-state index contributed by atoms with van der Waals surface area (Å²) in [5, 5.41) is 2.45. The van der Waals surface area contributed by atoms with E-state index in [9.17, 15) is 18.0 Å². The van der Waals surface area contributed by atoms with Gasteiger partial charge in [-0.25, -0.2) is 0 Å². The van der Waals surface area contributed by atoms with Crippen molar-refractivity contribution in [2.45, 2.75) is 12.6 Å². The smallest absolute Gasteiger partial charge is 0.393 e. The molecule has 0 aromatic heterocycles. The van der Waals surface area contributed by atoms with E-state index in [2.05, 4.69) is 5.32 Å². The lowest BCUT2D eigenvalue weighted by Crippen LogP contribution is -2.25. The molecular formula is C10H8F3NO2. The zero-order valence-electron chi connectivity index (χ0n) is 8.10. The van der Waals surface area contributed by atoms with E-state index in [-0.39, 0.29) is 23.8 Å². The number of alkyl halides is 3. The zero-order valence-corrected chi connectivity index (χ0v) is 8.10. The van der Waals surface area contributed by atoms with Gasteiger partial charge in [-0.2, -0.15) is 13.2 Å². The van der Waals surface area contributed by atoms with E-state index < -0.39 is 12.6 Å². The summed E-state index contributed by atoms with van der Waals surface area (Å²) in [6, 6.07) is 4.04. The van der Waals surface area contributed by atoms with Crippen LogP contribution >= 0.6 is 0 Å². The van der Waals surface area contributed by atoms with E-state index in [1.807, 2.05) is 0 Å². The van der Waals surface area contributed by atoms with Crippen molar-refractivity contribution in [3.63, 3.8) is 0 Å². The lowest BCUT2D eigenvalue weighted by molar-refractivity contribution is -0.127. The van der Waals surface area contributed by atoms with Crippen LogP contribution in [0, 0.1) is 0 Å². The number of amides is 1. The fourth-order valence-corrected chi connectivity index (χ4v) is 1.47. The molecule has 0 saturated carbocycles. The minimum Gasteiger partial charge on any atom is -0.482 e. The Kier molecular flexibility index (Phi) is 2.49. The zero-order chi connectivity index (χ0) is 11.8.